The standard InChI is InChI=1S/C12H22N2OS/c1-3-4-9-5-6-11(16-9)12(15)10(13)7-8-14-2/h5-6,10,12,14-15H,3-4,7-8,13H2,1-2H3. The van der Waals surface area contributed by atoms with Crippen molar-refractivity contribution in [1.29, 1.82) is 0 Å². The van der Waals surface area contributed by atoms with Gasteiger partial charge in [-0.25, -0.2) is 0 Å². The fraction of sp³-hybridized carbons (Fsp3) is 0.667. The smallest absolute Gasteiger partial charge is 0.103 e. The molecule has 3 nitrogen and oxygen atoms in total. The minimum Gasteiger partial charge on any atom is -0.386 e. The van der Waals surface area contributed by atoms with Crippen LogP contribution in [0, 0.1) is 0 Å². The van der Waals surface area contributed by atoms with Crippen molar-refractivity contribution in [2.45, 2.75) is 38.3 Å². The highest BCUT2D eigenvalue weighted by molar-refractivity contribution is 7.12. The van der Waals surface area contributed by atoms with Gasteiger partial charge >= 0.3 is 0 Å². The molecule has 1 aromatic heterocycles. The Balaban J connectivity index is 2.53. The zero-order chi connectivity index (χ0) is 12.0. The van der Waals surface area contributed by atoms with Crippen LogP contribution >= 0.6 is 11.3 Å². The van der Waals surface area contributed by atoms with Crippen molar-refractivity contribution in [2.24, 2.45) is 5.73 Å². The van der Waals surface area contributed by atoms with Crippen LogP contribution in [0.5, 0.6) is 0 Å². The molecule has 0 bridgehead atoms. The predicted molar refractivity (Wildman–Crippen MR) is 69.8 cm³/mol. The molecule has 0 aromatic carbocycles. The SMILES string of the molecule is CCCc1ccc(C(O)C(N)CCNC)s1. The zero-order valence-electron chi connectivity index (χ0n) is 10.1. The first-order chi connectivity index (χ1) is 7.69. The molecular weight excluding hydrogens is 220 g/mol. The topological polar surface area (TPSA) is 58.3 Å². The molecular formula is C12H22N2OS. The highest BCUT2D eigenvalue weighted by Gasteiger charge is 2.18. The van der Waals surface area contributed by atoms with Gasteiger partial charge in [-0.15, -0.1) is 11.3 Å². The van der Waals surface area contributed by atoms with Gasteiger partial charge in [-0.2, -0.15) is 0 Å². The maximum absolute atomic E-state index is 10.1. The van der Waals surface area contributed by atoms with Crippen molar-refractivity contribution in [2.75, 3.05) is 13.6 Å². The summed E-state index contributed by atoms with van der Waals surface area (Å²) in [6.45, 7) is 3.00. The van der Waals surface area contributed by atoms with Crippen LogP contribution in [-0.2, 0) is 6.42 Å². The fourth-order valence-corrected chi connectivity index (χ4v) is 2.79. The lowest BCUT2D eigenvalue weighted by molar-refractivity contribution is 0.146. The Morgan fingerprint density at radius 1 is 1.50 bits per heavy atom. The first kappa shape index (κ1) is 13.6. The number of hydrogen-bond acceptors (Lipinski definition) is 4. The van der Waals surface area contributed by atoms with Crippen LogP contribution in [0.2, 0.25) is 0 Å². The number of aryl methyl sites for hydroxylation is 1. The Bertz CT molecular complexity index is 301. The van der Waals surface area contributed by atoms with Gasteiger partial charge in [0.2, 0.25) is 0 Å². The van der Waals surface area contributed by atoms with E-state index in [-0.39, 0.29) is 6.04 Å². The molecule has 0 aliphatic carbocycles. The van der Waals surface area contributed by atoms with Crippen LogP contribution in [-0.4, -0.2) is 24.7 Å². The van der Waals surface area contributed by atoms with E-state index in [2.05, 4.69) is 18.3 Å². The molecule has 4 heteroatoms. The monoisotopic (exact) mass is 242 g/mol. The number of nitrogens with two attached hydrogens (primary N) is 1. The van der Waals surface area contributed by atoms with E-state index < -0.39 is 6.10 Å². The number of rotatable bonds is 7. The lowest BCUT2D eigenvalue weighted by atomic mass is 10.1. The normalized spacial score (nSPS) is 15.0. The molecule has 4 N–H and O–H groups in total. The van der Waals surface area contributed by atoms with Gasteiger partial charge < -0.3 is 16.2 Å². The van der Waals surface area contributed by atoms with Gasteiger partial charge in [-0.3, -0.25) is 0 Å². The minimum atomic E-state index is -0.524. The van der Waals surface area contributed by atoms with E-state index in [9.17, 15) is 5.11 Å². The molecule has 0 fully saturated rings. The first-order valence-corrected chi connectivity index (χ1v) is 6.67. The second kappa shape index (κ2) is 7.01. The van der Waals surface area contributed by atoms with Crippen molar-refractivity contribution in [3.8, 4) is 0 Å². The van der Waals surface area contributed by atoms with Crippen molar-refractivity contribution < 1.29 is 5.11 Å². The summed E-state index contributed by atoms with van der Waals surface area (Å²) in [7, 11) is 1.89. The highest BCUT2D eigenvalue weighted by Crippen LogP contribution is 2.26. The molecule has 1 aromatic rings. The summed E-state index contributed by atoms with van der Waals surface area (Å²) >= 11 is 1.68. The molecule has 1 rings (SSSR count). The van der Waals surface area contributed by atoms with Gasteiger partial charge in [0.05, 0.1) is 0 Å². The molecule has 2 atom stereocenters. The second-order valence-electron chi connectivity index (χ2n) is 4.05. The van der Waals surface area contributed by atoms with Gasteiger partial charge in [-0.1, -0.05) is 13.3 Å². The van der Waals surface area contributed by atoms with Crippen LogP contribution in [0.3, 0.4) is 0 Å². The maximum atomic E-state index is 10.1. The third-order valence-electron chi connectivity index (χ3n) is 2.60. The number of nitrogens with one attached hydrogen (secondary N) is 1. The molecule has 0 saturated heterocycles. The summed E-state index contributed by atoms with van der Waals surface area (Å²) < 4.78 is 0. The molecule has 0 aliphatic heterocycles. The summed E-state index contributed by atoms with van der Waals surface area (Å²) in [6, 6.07) is 3.91. The van der Waals surface area contributed by atoms with Crippen LogP contribution in [0.15, 0.2) is 12.1 Å². The molecule has 0 spiro atoms. The second-order valence-corrected chi connectivity index (χ2v) is 5.25. The lowest BCUT2D eigenvalue weighted by Gasteiger charge is -2.17. The van der Waals surface area contributed by atoms with Crippen molar-refractivity contribution in [3.63, 3.8) is 0 Å². The average Bonchev–Trinajstić information content (AvgIpc) is 2.74. The largest absolute Gasteiger partial charge is 0.386 e. The number of thiophene rings is 1. The molecule has 0 radical (unpaired) electrons. The van der Waals surface area contributed by atoms with E-state index in [0.717, 1.165) is 30.7 Å². The Hall–Kier alpha value is -0.420. The van der Waals surface area contributed by atoms with E-state index in [1.165, 1.54) is 4.88 Å². The van der Waals surface area contributed by atoms with Gasteiger partial charge in [0.25, 0.3) is 0 Å². The lowest BCUT2D eigenvalue weighted by Crippen LogP contribution is -2.31. The zero-order valence-corrected chi connectivity index (χ0v) is 10.9. The third-order valence-corrected chi connectivity index (χ3v) is 3.82. The van der Waals surface area contributed by atoms with Crippen LogP contribution in [0.25, 0.3) is 0 Å². The van der Waals surface area contributed by atoms with E-state index in [0.29, 0.717) is 0 Å². The summed E-state index contributed by atoms with van der Waals surface area (Å²) in [4.78, 5) is 2.32. The van der Waals surface area contributed by atoms with Gasteiger partial charge in [0, 0.05) is 15.8 Å². The predicted octanol–water partition coefficient (Wildman–Crippen LogP) is 1.67. The van der Waals surface area contributed by atoms with Crippen LogP contribution in [0.1, 0.15) is 35.6 Å². The Morgan fingerprint density at radius 2 is 2.25 bits per heavy atom. The molecule has 0 amide bonds. The van der Waals surface area contributed by atoms with Crippen LogP contribution < -0.4 is 11.1 Å². The molecule has 16 heavy (non-hydrogen) atoms. The Kier molecular flexibility index (Phi) is 5.98. The summed E-state index contributed by atoms with van der Waals surface area (Å²) in [5.41, 5.74) is 5.94. The first-order valence-electron chi connectivity index (χ1n) is 5.85. The van der Waals surface area contributed by atoms with E-state index in [1.54, 1.807) is 11.3 Å². The average molecular weight is 242 g/mol. The summed E-state index contributed by atoms with van der Waals surface area (Å²) in [6.07, 6.45) is 2.49. The number of aliphatic hydroxyl groups is 1. The third kappa shape index (κ3) is 3.87. The summed E-state index contributed by atoms with van der Waals surface area (Å²) in [5, 5.41) is 13.1. The number of hydrogen-bond donors (Lipinski definition) is 3. The minimum absolute atomic E-state index is 0.180. The van der Waals surface area contributed by atoms with Crippen LogP contribution in [0.4, 0.5) is 0 Å². The molecule has 0 aliphatic rings. The molecule has 1 heterocycles. The maximum Gasteiger partial charge on any atom is 0.103 e. The molecule has 2 unspecified atom stereocenters. The number of aliphatic hydroxyl groups excluding tert-OH is 1. The van der Waals surface area contributed by atoms with Crippen molar-refractivity contribution in [3.05, 3.63) is 21.9 Å². The van der Waals surface area contributed by atoms with E-state index >= 15 is 0 Å². The fourth-order valence-electron chi connectivity index (χ4n) is 1.61. The Labute approximate surface area is 102 Å². The van der Waals surface area contributed by atoms with Crippen molar-refractivity contribution in [1.82, 2.24) is 5.32 Å². The van der Waals surface area contributed by atoms with E-state index in [1.807, 2.05) is 13.1 Å². The quantitative estimate of drug-likeness (QED) is 0.681. The Morgan fingerprint density at radius 3 is 2.88 bits per heavy atom. The molecule has 0 saturated carbocycles. The van der Waals surface area contributed by atoms with Gasteiger partial charge in [0.1, 0.15) is 6.10 Å². The van der Waals surface area contributed by atoms with Gasteiger partial charge in [0.15, 0.2) is 0 Å². The van der Waals surface area contributed by atoms with Gasteiger partial charge in [-0.05, 0) is 38.6 Å². The van der Waals surface area contributed by atoms with E-state index in [4.69, 9.17) is 5.73 Å². The molecule has 92 valence electrons. The van der Waals surface area contributed by atoms with Crippen molar-refractivity contribution >= 4 is 11.3 Å². The summed E-state index contributed by atoms with van der Waals surface area (Å²) in [5.74, 6) is 0. The highest BCUT2D eigenvalue weighted by atomic mass is 32.1.